The number of nitrogens with zero attached hydrogens (tertiary/aromatic N) is 3. The molecule has 0 fully saturated rings. The van der Waals surface area contributed by atoms with Gasteiger partial charge in [0.1, 0.15) is 0 Å². The van der Waals surface area contributed by atoms with E-state index in [2.05, 4.69) is 15.1 Å². The molecule has 1 aromatic carbocycles. The van der Waals surface area contributed by atoms with Gasteiger partial charge in [0.15, 0.2) is 0 Å². The highest BCUT2D eigenvalue weighted by Gasteiger charge is 2.10. The lowest BCUT2D eigenvalue weighted by molar-refractivity contribution is 0.383. The van der Waals surface area contributed by atoms with Crippen LogP contribution in [0.15, 0.2) is 41.1 Å². The van der Waals surface area contributed by atoms with E-state index in [1.807, 2.05) is 37.3 Å². The van der Waals surface area contributed by atoms with Crippen molar-refractivity contribution in [3.8, 4) is 11.4 Å². The van der Waals surface area contributed by atoms with Crippen LogP contribution in [0.25, 0.3) is 22.3 Å². The van der Waals surface area contributed by atoms with Crippen molar-refractivity contribution < 1.29 is 4.52 Å². The van der Waals surface area contributed by atoms with E-state index in [0.29, 0.717) is 11.7 Å². The number of fused-ring (bicyclic) bond motifs is 1. The van der Waals surface area contributed by atoms with Crippen molar-refractivity contribution in [2.24, 2.45) is 0 Å². The highest BCUT2D eigenvalue weighted by molar-refractivity contribution is 5.92. The van der Waals surface area contributed by atoms with Crippen molar-refractivity contribution in [1.82, 2.24) is 15.1 Å². The Morgan fingerprint density at radius 2 is 2.06 bits per heavy atom. The Bertz CT molecular complexity index is 655. The van der Waals surface area contributed by atoms with Crippen LogP contribution < -0.4 is 0 Å². The van der Waals surface area contributed by atoms with Gasteiger partial charge in [-0.25, -0.2) is 0 Å². The first-order valence-electron chi connectivity index (χ1n) is 5.55. The molecule has 2 heterocycles. The van der Waals surface area contributed by atoms with Crippen LogP contribution in [0.3, 0.4) is 0 Å². The molecule has 0 amide bonds. The molecule has 0 unspecified atom stereocenters. The fraction of sp³-hybridized carbons (Fsp3) is 0.154. The van der Waals surface area contributed by atoms with Gasteiger partial charge in [-0.1, -0.05) is 30.3 Å². The topological polar surface area (TPSA) is 51.8 Å². The van der Waals surface area contributed by atoms with E-state index in [-0.39, 0.29) is 0 Å². The molecule has 0 atom stereocenters. The molecule has 0 radical (unpaired) electrons. The van der Waals surface area contributed by atoms with Gasteiger partial charge < -0.3 is 4.52 Å². The fourth-order valence-corrected chi connectivity index (χ4v) is 1.80. The van der Waals surface area contributed by atoms with Crippen LogP contribution in [0.4, 0.5) is 0 Å². The van der Waals surface area contributed by atoms with E-state index in [0.717, 1.165) is 22.9 Å². The largest absolute Gasteiger partial charge is 0.339 e. The minimum absolute atomic E-state index is 0.625. The van der Waals surface area contributed by atoms with E-state index in [1.54, 1.807) is 6.20 Å². The van der Waals surface area contributed by atoms with E-state index in [9.17, 15) is 0 Å². The third kappa shape index (κ3) is 1.67. The first kappa shape index (κ1) is 9.96. The molecule has 0 aliphatic carbocycles. The maximum absolute atomic E-state index is 5.14. The number of aryl methyl sites for hydroxylation is 1. The quantitative estimate of drug-likeness (QED) is 0.673. The van der Waals surface area contributed by atoms with Crippen molar-refractivity contribution in [3.05, 3.63) is 42.4 Å². The number of rotatable bonds is 2. The zero-order chi connectivity index (χ0) is 11.7. The molecule has 3 aromatic rings. The maximum Gasteiger partial charge on any atom is 0.226 e. The second-order valence-corrected chi connectivity index (χ2v) is 3.74. The molecule has 0 aliphatic rings. The Morgan fingerprint density at radius 1 is 1.18 bits per heavy atom. The lowest BCUT2D eigenvalue weighted by Gasteiger charge is -2.00. The summed E-state index contributed by atoms with van der Waals surface area (Å²) < 4.78 is 5.14. The number of benzene rings is 1. The zero-order valence-corrected chi connectivity index (χ0v) is 9.42. The molecular formula is C13H11N3O. The van der Waals surface area contributed by atoms with Crippen molar-refractivity contribution in [3.63, 3.8) is 0 Å². The molecule has 0 aliphatic heterocycles. The van der Waals surface area contributed by atoms with Crippen LogP contribution >= 0.6 is 0 Å². The van der Waals surface area contributed by atoms with Crippen molar-refractivity contribution in [2.75, 3.05) is 0 Å². The summed E-state index contributed by atoms with van der Waals surface area (Å²) >= 11 is 0. The smallest absolute Gasteiger partial charge is 0.226 e. The molecule has 4 nitrogen and oxygen atoms in total. The predicted octanol–water partition coefficient (Wildman–Crippen LogP) is 2.85. The summed E-state index contributed by atoms with van der Waals surface area (Å²) in [5, 5.41) is 5.03. The molecule has 0 N–H and O–H groups in total. The average molecular weight is 225 g/mol. The number of para-hydroxylation sites is 1. The summed E-state index contributed by atoms with van der Waals surface area (Å²) in [5.74, 6) is 1.28. The van der Waals surface area contributed by atoms with Gasteiger partial charge in [0.2, 0.25) is 11.7 Å². The standard InChI is InChI=1S/C13H11N3O/c1-2-12-15-13(16-17-12)10-7-8-14-11-6-4-3-5-9(10)11/h3-8H,2H2,1H3. The predicted molar refractivity (Wildman–Crippen MR) is 64.4 cm³/mol. The number of hydrogen-bond acceptors (Lipinski definition) is 4. The van der Waals surface area contributed by atoms with Crippen LogP contribution in [0.2, 0.25) is 0 Å². The van der Waals surface area contributed by atoms with E-state index in [4.69, 9.17) is 4.52 Å². The SMILES string of the molecule is CCc1nc(-c2ccnc3ccccc23)no1. The van der Waals surface area contributed by atoms with Crippen LogP contribution in [-0.2, 0) is 6.42 Å². The summed E-state index contributed by atoms with van der Waals surface area (Å²) in [6.45, 7) is 1.99. The minimum atomic E-state index is 0.625. The van der Waals surface area contributed by atoms with Crippen molar-refractivity contribution in [2.45, 2.75) is 13.3 Å². The Morgan fingerprint density at radius 3 is 2.88 bits per heavy atom. The monoisotopic (exact) mass is 225 g/mol. The van der Waals surface area contributed by atoms with Gasteiger partial charge in [-0.3, -0.25) is 4.98 Å². The highest BCUT2D eigenvalue weighted by atomic mass is 16.5. The van der Waals surface area contributed by atoms with Crippen molar-refractivity contribution in [1.29, 1.82) is 0 Å². The van der Waals surface area contributed by atoms with Gasteiger partial charge in [0.05, 0.1) is 5.52 Å². The third-order valence-electron chi connectivity index (χ3n) is 2.66. The second-order valence-electron chi connectivity index (χ2n) is 3.74. The van der Waals surface area contributed by atoms with Gasteiger partial charge in [-0.15, -0.1) is 0 Å². The van der Waals surface area contributed by atoms with Crippen LogP contribution in [0.1, 0.15) is 12.8 Å². The molecule has 0 bridgehead atoms. The Hall–Kier alpha value is -2.23. The zero-order valence-electron chi connectivity index (χ0n) is 9.42. The molecule has 2 aromatic heterocycles. The molecule has 0 spiro atoms. The minimum Gasteiger partial charge on any atom is -0.339 e. The van der Waals surface area contributed by atoms with Crippen LogP contribution in [-0.4, -0.2) is 15.1 Å². The van der Waals surface area contributed by atoms with Crippen molar-refractivity contribution >= 4 is 10.9 Å². The average Bonchev–Trinajstić information content (AvgIpc) is 2.87. The summed E-state index contributed by atoms with van der Waals surface area (Å²) in [5.41, 5.74) is 1.90. The second kappa shape index (κ2) is 3.97. The normalized spacial score (nSPS) is 10.9. The van der Waals surface area contributed by atoms with Gasteiger partial charge in [0.25, 0.3) is 0 Å². The maximum atomic E-state index is 5.14. The lowest BCUT2D eigenvalue weighted by atomic mass is 10.1. The molecule has 17 heavy (non-hydrogen) atoms. The van der Waals surface area contributed by atoms with Gasteiger partial charge in [-0.2, -0.15) is 4.98 Å². The summed E-state index contributed by atoms with van der Waals surface area (Å²) in [7, 11) is 0. The first-order chi connectivity index (χ1) is 8.38. The third-order valence-corrected chi connectivity index (χ3v) is 2.66. The summed E-state index contributed by atoms with van der Waals surface area (Å²) in [6.07, 6.45) is 2.51. The number of pyridine rings is 1. The number of aromatic nitrogens is 3. The fourth-order valence-electron chi connectivity index (χ4n) is 1.80. The molecule has 84 valence electrons. The Balaban J connectivity index is 2.23. The van der Waals surface area contributed by atoms with Crippen LogP contribution in [0, 0.1) is 0 Å². The molecule has 3 rings (SSSR count). The van der Waals surface area contributed by atoms with E-state index >= 15 is 0 Å². The lowest BCUT2D eigenvalue weighted by Crippen LogP contribution is -1.86. The van der Waals surface area contributed by atoms with Gasteiger partial charge in [0, 0.05) is 23.6 Å². The molecular weight excluding hydrogens is 214 g/mol. The Labute approximate surface area is 98.3 Å². The summed E-state index contributed by atoms with van der Waals surface area (Å²) in [4.78, 5) is 8.65. The van der Waals surface area contributed by atoms with E-state index < -0.39 is 0 Å². The highest BCUT2D eigenvalue weighted by Crippen LogP contribution is 2.24. The summed E-state index contributed by atoms with van der Waals surface area (Å²) in [6, 6.07) is 9.84. The van der Waals surface area contributed by atoms with Crippen LogP contribution in [0.5, 0.6) is 0 Å². The van der Waals surface area contributed by atoms with Gasteiger partial charge >= 0.3 is 0 Å². The first-order valence-corrected chi connectivity index (χ1v) is 5.55. The number of hydrogen-bond donors (Lipinski definition) is 0. The Kier molecular flexibility index (Phi) is 2.33. The van der Waals surface area contributed by atoms with E-state index in [1.165, 1.54) is 0 Å². The molecule has 4 heteroatoms. The van der Waals surface area contributed by atoms with Gasteiger partial charge in [-0.05, 0) is 12.1 Å². The molecule has 0 saturated carbocycles. The molecule has 0 saturated heterocycles.